The average Bonchev–Trinajstić information content (AvgIpc) is 2.60. The van der Waals surface area contributed by atoms with Crippen molar-refractivity contribution in [1.29, 1.82) is 5.41 Å². The van der Waals surface area contributed by atoms with Crippen molar-refractivity contribution >= 4 is 29.3 Å². The number of carbonyl (C=O) groups excluding carboxylic acids is 2. The molecule has 3 atom stereocenters. The van der Waals surface area contributed by atoms with Crippen molar-refractivity contribution in [1.82, 2.24) is 10.6 Å². The normalized spacial score (nSPS) is 34.8. The van der Waals surface area contributed by atoms with Crippen LogP contribution in [0.1, 0.15) is 25.7 Å². The standard InChI is InChI=1S/C10H14ClN3O2/c11-8-7(13-10(16)14-9(8)15)4-5-2-1-3-6(5)12/h5,7-8,12H,1-4H2,(H2,13,14,15,16). The highest BCUT2D eigenvalue weighted by molar-refractivity contribution is 6.33. The lowest BCUT2D eigenvalue weighted by molar-refractivity contribution is -0.120. The molecule has 2 aliphatic rings. The van der Waals surface area contributed by atoms with Crippen LogP contribution in [0.15, 0.2) is 0 Å². The topological polar surface area (TPSA) is 82.1 Å². The molecule has 0 aromatic rings. The monoisotopic (exact) mass is 243 g/mol. The summed E-state index contributed by atoms with van der Waals surface area (Å²) in [5.41, 5.74) is 0.712. The first-order valence-electron chi connectivity index (χ1n) is 5.40. The van der Waals surface area contributed by atoms with Crippen LogP contribution in [0.4, 0.5) is 4.79 Å². The third kappa shape index (κ3) is 2.19. The highest BCUT2D eigenvalue weighted by Gasteiger charge is 2.36. The Bertz CT molecular complexity index is 345. The second-order valence-electron chi connectivity index (χ2n) is 4.32. The van der Waals surface area contributed by atoms with Crippen molar-refractivity contribution < 1.29 is 9.59 Å². The lowest BCUT2D eigenvalue weighted by atomic mass is 9.94. The summed E-state index contributed by atoms with van der Waals surface area (Å²) in [6, 6.07) is -0.845. The summed E-state index contributed by atoms with van der Waals surface area (Å²) in [7, 11) is 0. The minimum Gasteiger partial charge on any atom is -0.333 e. The SMILES string of the molecule is N=C1CCCC1CC1NC(=O)NC(=O)C1Cl. The Kier molecular flexibility index (Phi) is 3.14. The molecule has 88 valence electrons. The number of hydrogen-bond acceptors (Lipinski definition) is 3. The number of hydrogen-bond donors (Lipinski definition) is 3. The van der Waals surface area contributed by atoms with Gasteiger partial charge in [0.25, 0.3) is 0 Å². The van der Waals surface area contributed by atoms with Gasteiger partial charge in [-0.05, 0) is 31.6 Å². The minimum absolute atomic E-state index is 0.164. The van der Waals surface area contributed by atoms with E-state index < -0.39 is 17.3 Å². The van der Waals surface area contributed by atoms with Gasteiger partial charge >= 0.3 is 6.03 Å². The molecule has 1 heterocycles. The van der Waals surface area contributed by atoms with Gasteiger partial charge in [0.05, 0.1) is 6.04 Å². The highest BCUT2D eigenvalue weighted by atomic mass is 35.5. The average molecular weight is 244 g/mol. The second-order valence-corrected chi connectivity index (χ2v) is 4.79. The van der Waals surface area contributed by atoms with E-state index in [0.717, 1.165) is 19.3 Å². The lowest BCUT2D eigenvalue weighted by Crippen LogP contribution is -2.59. The fraction of sp³-hybridized carbons (Fsp3) is 0.700. The first-order chi connectivity index (χ1) is 7.58. The van der Waals surface area contributed by atoms with E-state index in [4.69, 9.17) is 17.0 Å². The Morgan fingerprint density at radius 1 is 1.44 bits per heavy atom. The number of halogens is 1. The van der Waals surface area contributed by atoms with Crippen LogP contribution in [0.25, 0.3) is 0 Å². The van der Waals surface area contributed by atoms with Crippen LogP contribution in [-0.4, -0.2) is 29.1 Å². The van der Waals surface area contributed by atoms with Gasteiger partial charge in [-0.15, -0.1) is 11.6 Å². The van der Waals surface area contributed by atoms with Gasteiger partial charge in [-0.3, -0.25) is 10.1 Å². The van der Waals surface area contributed by atoms with E-state index in [1.165, 1.54) is 0 Å². The molecule has 0 aromatic carbocycles. The first kappa shape index (κ1) is 11.4. The van der Waals surface area contributed by atoms with Gasteiger partial charge < -0.3 is 10.7 Å². The molecular formula is C10H14ClN3O2. The van der Waals surface area contributed by atoms with Gasteiger partial charge in [-0.25, -0.2) is 4.79 Å². The molecule has 3 unspecified atom stereocenters. The summed E-state index contributed by atoms with van der Waals surface area (Å²) < 4.78 is 0. The molecule has 0 aromatic heterocycles. The fourth-order valence-electron chi connectivity index (χ4n) is 2.30. The largest absolute Gasteiger partial charge is 0.333 e. The van der Waals surface area contributed by atoms with Crippen molar-refractivity contribution in [3.05, 3.63) is 0 Å². The van der Waals surface area contributed by atoms with E-state index in [1.54, 1.807) is 0 Å². The van der Waals surface area contributed by atoms with Gasteiger partial charge in [0.1, 0.15) is 5.38 Å². The molecule has 1 saturated heterocycles. The quantitative estimate of drug-likeness (QED) is 0.633. The molecular weight excluding hydrogens is 230 g/mol. The van der Waals surface area contributed by atoms with Crippen molar-refractivity contribution in [3.63, 3.8) is 0 Å². The molecule has 0 bridgehead atoms. The number of urea groups is 1. The van der Waals surface area contributed by atoms with Crippen LogP contribution < -0.4 is 10.6 Å². The summed E-state index contributed by atoms with van der Waals surface area (Å²) in [4.78, 5) is 22.4. The summed E-state index contributed by atoms with van der Waals surface area (Å²) in [5.74, 6) is -0.280. The fourth-order valence-corrected chi connectivity index (χ4v) is 2.52. The highest BCUT2D eigenvalue weighted by Crippen LogP contribution is 2.28. The Morgan fingerprint density at radius 3 is 2.81 bits per heavy atom. The van der Waals surface area contributed by atoms with E-state index in [9.17, 15) is 9.59 Å². The predicted octanol–water partition coefficient (Wildman–Crippen LogP) is 1.01. The molecule has 2 fully saturated rings. The minimum atomic E-state index is -0.730. The first-order valence-corrected chi connectivity index (χ1v) is 5.84. The maximum absolute atomic E-state index is 11.3. The molecule has 5 nitrogen and oxygen atoms in total. The number of imide groups is 1. The maximum Gasteiger partial charge on any atom is 0.321 e. The van der Waals surface area contributed by atoms with E-state index in [-0.39, 0.29) is 12.0 Å². The van der Waals surface area contributed by atoms with Gasteiger partial charge in [0, 0.05) is 5.71 Å². The van der Waals surface area contributed by atoms with Crippen LogP contribution in [0.3, 0.4) is 0 Å². The van der Waals surface area contributed by atoms with Crippen LogP contribution in [0, 0.1) is 11.3 Å². The van der Waals surface area contributed by atoms with Crippen LogP contribution in [0.2, 0.25) is 0 Å². The Morgan fingerprint density at radius 2 is 2.19 bits per heavy atom. The van der Waals surface area contributed by atoms with E-state index in [1.807, 2.05) is 0 Å². The van der Waals surface area contributed by atoms with Crippen LogP contribution >= 0.6 is 11.6 Å². The zero-order valence-electron chi connectivity index (χ0n) is 8.75. The van der Waals surface area contributed by atoms with Gasteiger partial charge in [-0.2, -0.15) is 0 Å². The molecule has 1 aliphatic heterocycles. The van der Waals surface area contributed by atoms with Gasteiger partial charge in [0.2, 0.25) is 5.91 Å². The maximum atomic E-state index is 11.3. The summed E-state index contributed by atoms with van der Waals surface area (Å²) >= 11 is 5.93. The molecule has 6 heteroatoms. The summed E-state index contributed by atoms with van der Waals surface area (Å²) in [6.07, 6.45) is 3.39. The predicted molar refractivity (Wildman–Crippen MR) is 59.8 cm³/mol. The summed E-state index contributed by atoms with van der Waals surface area (Å²) in [5, 5.41) is 11.8. The zero-order valence-corrected chi connectivity index (χ0v) is 9.51. The Balaban J connectivity index is 1.99. The second kappa shape index (κ2) is 4.41. The van der Waals surface area contributed by atoms with Crippen LogP contribution in [-0.2, 0) is 4.79 Å². The number of carbonyl (C=O) groups is 2. The molecule has 3 N–H and O–H groups in total. The van der Waals surface area contributed by atoms with Crippen molar-refractivity contribution in [2.24, 2.45) is 5.92 Å². The van der Waals surface area contributed by atoms with Gasteiger partial charge in [-0.1, -0.05) is 0 Å². The summed E-state index contributed by atoms with van der Waals surface area (Å²) in [6.45, 7) is 0. The number of rotatable bonds is 2. The smallest absolute Gasteiger partial charge is 0.321 e. The van der Waals surface area contributed by atoms with Gasteiger partial charge in [0.15, 0.2) is 0 Å². The Hall–Kier alpha value is -1.10. The number of nitrogens with one attached hydrogen (secondary N) is 3. The zero-order chi connectivity index (χ0) is 11.7. The van der Waals surface area contributed by atoms with E-state index in [0.29, 0.717) is 12.1 Å². The molecule has 0 radical (unpaired) electrons. The van der Waals surface area contributed by atoms with Crippen molar-refractivity contribution in [2.45, 2.75) is 37.1 Å². The van der Waals surface area contributed by atoms with Crippen molar-refractivity contribution in [2.75, 3.05) is 0 Å². The Labute approximate surface area is 98.4 Å². The molecule has 1 aliphatic carbocycles. The number of alkyl halides is 1. The van der Waals surface area contributed by atoms with E-state index >= 15 is 0 Å². The van der Waals surface area contributed by atoms with Crippen LogP contribution in [0.5, 0.6) is 0 Å². The third-order valence-electron chi connectivity index (χ3n) is 3.19. The molecule has 1 saturated carbocycles. The molecule has 2 rings (SSSR count). The molecule has 16 heavy (non-hydrogen) atoms. The third-order valence-corrected chi connectivity index (χ3v) is 3.69. The molecule has 3 amide bonds. The van der Waals surface area contributed by atoms with Crippen molar-refractivity contribution in [3.8, 4) is 0 Å². The number of amides is 3. The van der Waals surface area contributed by atoms with E-state index in [2.05, 4.69) is 10.6 Å². The molecule has 0 spiro atoms. The lowest BCUT2D eigenvalue weighted by Gasteiger charge is -2.29.